The normalized spacial score (nSPS) is 10.6. The van der Waals surface area contributed by atoms with Crippen LogP contribution in [0, 0.1) is 17.0 Å². The Balaban J connectivity index is 1.78. The third-order valence-corrected chi connectivity index (χ3v) is 3.51. The topological polar surface area (TPSA) is 61.0 Å². The smallest absolute Gasteiger partial charge is 0.268 e. The molecule has 0 bridgehead atoms. The van der Waals surface area contributed by atoms with Crippen molar-refractivity contribution in [3.05, 3.63) is 82.2 Å². The van der Waals surface area contributed by atoms with E-state index in [1.54, 1.807) is 18.3 Å². The average molecular weight is 293 g/mol. The van der Waals surface area contributed by atoms with Crippen molar-refractivity contribution in [2.24, 2.45) is 0 Å². The summed E-state index contributed by atoms with van der Waals surface area (Å²) >= 11 is 0. The molecule has 0 unspecified atom stereocenters. The molecule has 110 valence electrons. The van der Waals surface area contributed by atoms with E-state index >= 15 is 0 Å². The van der Waals surface area contributed by atoms with Crippen LogP contribution in [-0.2, 0) is 6.54 Å². The van der Waals surface area contributed by atoms with Crippen molar-refractivity contribution in [2.45, 2.75) is 13.5 Å². The minimum absolute atomic E-state index is 0.0933. The van der Waals surface area contributed by atoms with E-state index in [2.05, 4.69) is 36.3 Å². The van der Waals surface area contributed by atoms with Crippen molar-refractivity contribution in [2.75, 3.05) is 0 Å². The van der Waals surface area contributed by atoms with E-state index < -0.39 is 4.92 Å². The van der Waals surface area contributed by atoms with Crippen LogP contribution in [0.15, 0.2) is 60.9 Å². The Labute approximate surface area is 128 Å². The van der Waals surface area contributed by atoms with Crippen LogP contribution in [0.25, 0.3) is 11.1 Å². The van der Waals surface area contributed by atoms with Crippen LogP contribution in [0.5, 0.6) is 0 Å². The van der Waals surface area contributed by atoms with E-state index in [9.17, 15) is 10.1 Å². The van der Waals surface area contributed by atoms with Crippen molar-refractivity contribution >= 4 is 5.69 Å². The second kappa shape index (κ2) is 5.81. The number of aromatic nitrogens is 2. The molecule has 0 spiro atoms. The lowest BCUT2D eigenvalue weighted by molar-refractivity contribution is -0.384. The molecule has 1 aromatic heterocycles. The molecule has 3 rings (SSSR count). The van der Waals surface area contributed by atoms with E-state index in [1.807, 2.05) is 10.9 Å². The summed E-state index contributed by atoms with van der Waals surface area (Å²) in [6.45, 7) is 2.76. The van der Waals surface area contributed by atoms with Crippen LogP contribution in [0.3, 0.4) is 0 Å². The van der Waals surface area contributed by atoms with E-state index in [0.717, 1.165) is 11.1 Å². The molecule has 0 radical (unpaired) electrons. The maximum Gasteiger partial charge on any atom is 0.269 e. The van der Waals surface area contributed by atoms with Crippen molar-refractivity contribution in [1.29, 1.82) is 0 Å². The number of non-ortho nitro benzene ring substituents is 1. The minimum atomic E-state index is -0.398. The summed E-state index contributed by atoms with van der Waals surface area (Å²) in [4.78, 5) is 10.3. The molecule has 5 nitrogen and oxygen atoms in total. The lowest BCUT2D eigenvalue weighted by Crippen LogP contribution is -1.99. The molecule has 0 saturated carbocycles. The van der Waals surface area contributed by atoms with Crippen molar-refractivity contribution < 1.29 is 4.92 Å². The lowest BCUT2D eigenvalue weighted by Gasteiger charge is -2.02. The molecule has 0 amide bonds. The van der Waals surface area contributed by atoms with E-state index in [1.165, 1.54) is 23.3 Å². The molecule has 0 fully saturated rings. The molecule has 3 aromatic rings. The SMILES string of the molecule is Cc1ccc(Cn2cc(-c3ccc([N+](=O)[O-])cc3)cn2)cc1. The fourth-order valence-corrected chi connectivity index (χ4v) is 2.26. The van der Waals surface area contributed by atoms with E-state index in [4.69, 9.17) is 0 Å². The van der Waals surface area contributed by atoms with Gasteiger partial charge in [-0.2, -0.15) is 5.10 Å². The van der Waals surface area contributed by atoms with Gasteiger partial charge in [-0.25, -0.2) is 0 Å². The van der Waals surface area contributed by atoms with Gasteiger partial charge in [0.2, 0.25) is 0 Å². The van der Waals surface area contributed by atoms with Gasteiger partial charge in [0.25, 0.3) is 5.69 Å². The summed E-state index contributed by atoms with van der Waals surface area (Å²) in [5.74, 6) is 0. The van der Waals surface area contributed by atoms with Crippen LogP contribution in [-0.4, -0.2) is 14.7 Å². The van der Waals surface area contributed by atoms with Gasteiger partial charge in [0.05, 0.1) is 17.7 Å². The van der Waals surface area contributed by atoms with Gasteiger partial charge in [0.1, 0.15) is 0 Å². The fourth-order valence-electron chi connectivity index (χ4n) is 2.26. The molecule has 0 aliphatic carbocycles. The molecule has 22 heavy (non-hydrogen) atoms. The average Bonchev–Trinajstić information content (AvgIpc) is 2.98. The molecule has 2 aromatic carbocycles. The predicted molar refractivity (Wildman–Crippen MR) is 84.6 cm³/mol. The Bertz CT molecular complexity index is 790. The van der Waals surface area contributed by atoms with Crippen molar-refractivity contribution in [3.63, 3.8) is 0 Å². The predicted octanol–water partition coefficient (Wildman–Crippen LogP) is 3.82. The molecule has 0 aliphatic rings. The number of benzene rings is 2. The Kier molecular flexibility index (Phi) is 3.70. The van der Waals surface area contributed by atoms with Crippen LogP contribution in [0.1, 0.15) is 11.1 Å². The Morgan fingerprint density at radius 3 is 2.36 bits per heavy atom. The third-order valence-electron chi connectivity index (χ3n) is 3.51. The second-order valence-corrected chi connectivity index (χ2v) is 5.22. The number of nitro groups is 1. The molecule has 1 heterocycles. The first kappa shape index (κ1) is 14.0. The maximum atomic E-state index is 10.7. The Morgan fingerprint density at radius 1 is 1.05 bits per heavy atom. The molecule has 0 N–H and O–H groups in total. The zero-order valence-corrected chi connectivity index (χ0v) is 12.1. The Morgan fingerprint density at radius 2 is 1.73 bits per heavy atom. The largest absolute Gasteiger partial charge is 0.269 e. The monoisotopic (exact) mass is 293 g/mol. The van der Waals surface area contributed by atoms with E-state index in [0.29, 0.717) is 6.54 Å². The van der Waals surface area contributed by atoms with Gasteiger partial charge < -0.3 is 0 Å². The van der Waals surface area contributed by atoms with Gasteiger partial charge in [-0.1, -0.05) is 29.8 Å². The fraction of sp³-hybridized carbons (Fsp3) is 0.118. The minimum Gasteiger partial charge on any atom is -0.268 e. The van der Waals surface area contributed by atoms with Crippen LogP contribution < -0.4 is 0 Å². The highest BCUT2D eigenvalue weighted by molar-refractivity contribution is 5.63. The zero-order valence-electron chi connectivity index (χ0n) is 12.1. The molecular weight excluding hydrogens is 278 g/mol. The van der Waals surface area contributed by atoms with Gasteiger partial charge in [-0.3, -0.25) is 14.8 Å². The summed E-state index contributed by atoms with van der Waals surface area (Å²) < 4.78 is 1.86. The first-order valence-corrected chi connectivity index (χ1v) is 6.95. The Hall–Kier alpha value is -2.95. The molecule has 0 aliphatic heterocycles. The quantitative estimate of drug-likeness (QED) is 0.542. The zero-order chi connectivity index (χ0) is 15.5. The molecule has 5 heteroatoms. The summed E-state index contributed by atoms with van der Waals surface area (Å²) in [5, 5.41) is 15.0. The summed E-state index contributed by atoms with van der Waals surface area (Å²) in [6, 6.07) is 14.8. The highest BCUT2D eigenvalue weighted by Gasteiger charge is 2.07. The van der Waals surface area contributed by atoms with Gasteiger partial charge in [0, 0.05) is 23.9 Å². The molecular formula is C17H15N3O2. The summed E-state index contributed by atoms with van der Waals surface area (Å²) in [6.07, 6.45) is 3.72. The van der Waals surface area contributed by atoms with E-state index in [-0.39, 0.29) is 5.69 Å². The van der Waals surface area contributed by atoms with Crippen LogP contribution in [0.4, 0.5) is 5.69 Å². The summed E-state index contributed by atoms with van der Waals surface area (Å²) in [5.41, 5.74) is 4.37. The summed E-state index contributed by atoms with van der Waals surface area (Å²) in [7, 11) is 0. The number of aryl methyl sites for hydroxylation is 1. The van der Waals surface area contributed by atoms with Crippen LogP contribution >= 0.6 is 0 Å². The first-order valence-electron chi connectivity index (χ1n) is 6.95. The second-order valence-electron chi connectivity index (χ2n) is 5.22. The van der Waals surface area contributed by atoms with Gasteiger partial charge >= 0.3 is 0 Å². The standard InChI is InChI=1S/C17H15N3O2/c1-13-2-4-14(5-3-13)11-19-12-16(10-18-19)15-6-8-17(9-7-15)20(21)22/h2-10,12H,11H2,1H3. The van der Waals surface area contributed by atoms with Gasteiger partial charge in [0.15, 0.2) is 0 Å². The highest BCUT2D eigenvalue weighted by atomic mass is 16.6. The number of hydrogen-bond donors (Lipinski definition) is 0. The third kappa shape index (κ3) is 3.03. The number of hydrogen-bond acceptors (Lipinski definition) is 3. The highest BCUT2D eigenvalue weighted by Crippen LogP contribution is 2.22. The molecule has 0 saturated heterocycles. The van der Waals surface area contributed by atoms with Gasteiger partial charge in [-0.05, 0) is 30.2 Å². The van der Waals surface area contributed by atoms with Crippen LogP contribution in [0.2, 0.25) is 0 Å². The number of nitrogens with zero attached hydrogens (tertiary/aromatic N) is 3. The maximum absolute atomic E-state index is 10.7. The van der Waals surface area contributed by atoms with Crippen molar-refractivity contribution in [3.8, 4) is 11.1 Å². The van der Waals surface area contributed by atoms with Crippen molar-refractivity contribution in [1.82, 2.24) is 9.78 Å². The first-order chi connectivity index (χ1) is 10.6. The van der Waals surface area contributed by atoms with Gasteiger partial charge in [-0.15, -0.1) is 0 Å². The molecule has 0 atom stereocenters. The number of nitro benzene ring substituents is 1. The lowest BCUT2D eigenvalue weighted by atomic mass is 10.1. The number of rotatable bonds is 4.